The second-order valence-electron chi connectivity index (χ2n) is 9.17. The number of halogens is 1. The first-order valence-electron chi connectivity index (χ1n) is 12.0. The molecule has 1 N–H and O–H groups in total. The smallest absolute Gasteiger partial charge is 0.229 e. The number of aryl methyl sites for hydroxylation is 1. The van der Waals surface area contributed by atoms with Crippen LogP contribution in [0.2, 0.25) is 5.02 Å². The number of benzene rings is 3. The maximum atomic E-state index is 12.8. The normalized spacial score (nSPS) is 16.4. The van der Waals surface area contributed by atoms with Gasteiger partial charge >= 0.3 is 0 Å². The highest BCUT2D eigenvalue weighted by molar-refractivity contribution is 6.32. The molecule has 37 heavy (non-hydrogen) atoms. The average Bonchev–Trinajstić information content (AvgIpc) is 3.61. The lowest BCUT2D eigenvalue weighted by atomic mass is 10.0. The van der Waals surface area contributed by atoms with Crippen LogP contribution in [-0.2, 0) is 11.8 Å². The van der Waals surface area contributed by atoms with Gasteiger partial charge in [-0.1, -0.05) is 72.3 Å². The predicted molar refractivity (Wildman–Crippen MR) is 145 cm³/mol. The van der Waals surface area contributed by atoms with E-state index in [1.165, 1.54) is 0 Å². The second-order valence-corrected chi connectivity index (χ2v) is 9.61. The maximum absolute atomic E-state index is 12.8. The summed E-state index contributed by atoms with van der Waals surface area (Å²) in [5, 5.41) is 17.1. The van der Waals surface area contributed by atoms with Crippen LogP contribution in [0.5, 0.6) is 0 Å². The Kier molecular flexibility index (Phi) is 5.98. The molecule has 6 rings (SSSR count). The van der Waals surface area contributed by atoms with Crippen molar-refractivity contribution in [3.05, 3.63) is 113 Å². The van der Waals surface area contributed by atoms with Gasteiger partial charge in [0.15, 0.2) is 5.82 Å². The zero-order chi connectivity index (χ0) is 25.4. The van der Waals surface area contributed by atoms with Crippen LogP contribution in [0.1, 0.15) is 29.0 Å². The Balaban J connectivity index is 1.32. The lowest BCUT2D eigenvalue weighted by Crippen LogP contribution is -2.15. The molecule has 1 aliphatic rings. The number of hydrogen-bond donors (Lipinski definition) is 1. The minimum absolute atomic E-state index is 0.0711. The van der Waals surface area contributed by atoms with Crippen LogP contribution in [-0.4, -0.2) is 31.6 Å². The van der Waals surface area contributed by atoms with Crippen molar-refractivity contribution in [2.45, 2.75) is 12.3 Å². The summed E-state index contributed by atoms with van der Waals surface area (Å²) >= 11 is 6.49. The molecule has 2 heterocycles. The molecule has 7 nitrogen and oxygen atoms in total. The molecule has 2 atom stereocenters. The summed E-state index contributed by atoms with van der Waals surface area (Å²) in [7, 11) is 1.87. The van der Waals surface area contributed by atoms with Gasteiger partial charge in [-0.25, -0.2) is 4.99 Å². The summed E-state index contributed by atoms with van der Waals surface area (Å²) in [6, 6.07) is 25.4. The molecule has 0 spiro atoms. The fraction of sp³-hybridized carbons (Fsp3) is 0.138. The summed E-state index contributed by atoms with van der Waals surface area (Å²) in [6.45, 7) is 0. The van der Waals surface area contributed by atoms with E-state index >= 15 is 0 Å². The van der Waals surface area contributed by atoms with E-state index in [0.717, 1.165) is 34.2 Å². The molecule has 0 aliphatic heterocycles. The van der Waals surface area contributed by atoms with Gasteiger partial charge in [0.05, 0.1) is 17.6 Å². The molecule has 5 aromatic rings. The van der Waals surface area contributed by atoms with Gasteiger partial charge in [0.1, 0.15) is 5.52 Å². The molecule has 1 unspecified atom stereocenters. The third-order valence-corrected chi connectivity index (χ3v) is 6.71. The Bertz CT molecular complexity index is 1590. The number of amides is 1. The first-order valence-corrected chi connectivity index (χ1v) is 12.4. The standard InChI is InChI=1S/C29H23ClN6O/c1-36-17-21(16-31-36)23-15-24(23)29(37)33-26-13-20-12-22(30)14-25(28(20)35-34-26)32-27(18-8-4-2-5-9-18)19-10-6-3-7-11-19/h2-14,16-17,23-24H,15H2,1H3,(H,33,34,37)/t23-,24?/m1/s1. The molecule has 1 amide bonds. The average molecular weight is 507 g/mol. The van der Waals surface area contributed by atoms with Crippen molar-refractivity contribution in [2.75, 3.05) is 5.32 Å². The number of nitrogens with zero attached hydrogens (tertiary/aromatic N) is 5. The number of fused-ring (bicyclic) bond motifs is 1. The van der Waals surface area contributed by atoms with Gasteiger partial charge in [-0.3, -0.25) is 9.48 Å². The third kappa shape index (κ3) is 4.86. The van der Waals surface area contributed by atoms with Crippen molar-refractivity contribution in [1.29, 1.82) is 0 Å². The zero-order valence-corrected chi connectivity index (χ0v) is 20.8. The molecule has 1 aliphatic carbocycles. The molecule has 3 aromatic carbocycles. The van der Waals surface area contributed by atoms with Crippen molar-refractivity contribution in [3.63, 3.8) is 0 Å². The van der Waals surface area contributed by atoms with Crippen LogP contribution in [0.4, 0.5) is 11.5 Å². The molecular weight excluding hydrogens is 484 g/mol. The number of carbonyl (C=O) groups excluding carboxylic acids is 1. The predicted octanol–water partition coefficient (Wildman–Crippen LogP) is 5.93. The van der Waals surface area contributed by atoms with Crippen molar-refractivity contribution in [2.24, 2.45) is 18.0 Å². The second kappa shape index (κ2) is 9.59. The largest absolute Gasteiger partial charge is 0.309 e. The number of anilines is 1. The van der Waals surface area contributed by atoms with Crippen LogP contribution in [0, 0.1) is 5.92 Å². The van der Waals surface area contributed by atoms with Crippen molar-refractivity contribution in [1.82, 2.24) is 20.0 Å². The van der Waals surface area contributed by atoms with E-state index in [0.29, 0.717) is 22.0 Å². The summed E-state index contributed by atoms with van der Waals surface area (Å²) in [5.74, 6) is 0.406. The van der Waals surface area contributed by atoms with Gasteiger partial charge in [-0.15, -0.1) is 10.2 Å². The SMILES string of the molecule is Cn1cc([C@H]2CC2C(=O)Nc2cc3cc(Cl)cc(N=C(c4ccccc4)c4ccccc4)c3nn2)cn1. The van der Waals surface area contributed by atoms with Crippen LogP contribution in [0.25, 0.3) is 10.9 Å². The highest BCUT2D eigenvalue weighted by Crippen LogP contribution is 2.47. The lowest BCUT2D eigenvalue weighted by Gasteiger charge is -2.10. The Hall–Kier alpha value is -4.36. The van der Waals surface area contributed by atoms with Crippen molar-refractivity contribution < 1.29 is 4.79 Å². The lowest BCUT2D eigenvalue weighted by molar-refractivity contribution is -0.117. The van der Waals surface area contributed by atoms with E-state index in [4.69, 9.17) is 16.6 Å². The first-order chi connectivity index (χ1) is 18.0. The van der Waals surface area contributed by atoms with E-state index in [2.05, 4.69) is 20.6 Å². The van der Waals surface area contributed by atoms with E-state index in [9.17, 15) is 4.79 Å². The van der Waals surface area contributed by atoms with Gasteiger partial charge in [0.2, 0.25) is 5.91 Å². The molecular formula is C29H23ClN6O. The molecule has 2 aromatic heterocycles. The van der Waals surface area contributed by atoms with E-state index in [1.807, 2.05) is 80.1 Å². The number of rotatable bonds is 6. The highest BCUT2D eigenvalue weighted by atomic mass is 35.5. The monoisotopic (exact) mass is 506 g/mol. The Labute approximate surface area is 218 Å². The van der Waals surface area contributed by atoms with Crippen molar-refractivity contribution in [3.8, 4) is 0 Å². The minimum atomic E-state index is -0.0967. The fourth-order valence-corrected chi connectivity index (χ4v) is 4.78. The number of carbonyl (C=O) groups is 1. The Morgan fingerprint density at radius 1 is 1.00 bits per heavy atom. The number of hydrogen-bond acceptors (Lipinski definition) is 5. The molecule has 0 saturated heterocycles. The van der Waals surface area contributed by atoms with Crippen LogP contribution >= 0.6 is 11.6 Å². The Morgan fingerprint density at radius 3 is 2.35 bits per heavy atom. The summed E-state index contributed by atoms with van der Waals surface area (Å²) in [5.41, 5.74) is 5.05. The summed E-state index contributed by atoms with van der Waals surface area (Å²) in [4.78, 5) is 17.8. The molecule has 1 fully saturated rings. The Morgan fingerprint density at radius 2 is 1.70 bits per heavy atom. The summed E-state index contributed by atoms with van der Waals surface area (Å²) in [6.07, 6.45) is 4.57. The number of aromatic nitrogens is 4. The van der Waals surface area contributed by atoms with E-state index < -0.39 is 0 Å². The van der Waals surface area contributed by atoms with Gasteiger partial charge in [-0.2, -0.15) is 5.10 Å². The van der Waals surface area contributed by atoms with E-state index in [-0.39, 0.29) is 17.7 Å². The third-order valence-electron chi connectivity index (χ3n) is 6.49. The van der Waals surface area contributed by atoms with Crippen LogP contribution in [0.3, 0.4) is 0 Å². The van der Waals surface area contributed by atoms with Gasteiger partial charge in [0.25, 0.3) is 0 Å². The van der Waals surface area contributed by atoms with E-state index in [1.54, 1.807) is 22.9 Å². The van der Waals surface area contributed by atoms with Gasteiger partial charge in [0, 0.05) is 40.7 Å². The molecule has 8 heteroatoms. The molecule has 0 radical (unpaired) electrons. The quantitative estimate of drug-likeness (QED) is 0.289. The zero-order valence-electron chi connectivity index (χ0n) is 20.0. The molecule has 0 bridgehead atoms. The van der Waals surface area contributed by atoms with Gasteiger partial charge < -0.3 is 5.32 Å². The topological polar surface area (TPSA) is 85.1 Å². The van der Waals surface area contributed by atoms with Crippen LogP contribution in [0.15, 0.2) is 96.2 Å². The molecule has 1 saturated carbocycles. The minimum Gasteiger partial charge on any atom is -0.309 e. The maximum Gasteiger partial charge on any atom is 0.229 e. The van der Waals surface area contributed by atoms with Gasteiger partial charge in [-0.05, 0) is 36.1 Å². The number of aliphatic imine (C=N–C) groups is 1. The highest BCUT2D eigenvalue weighted by Gasteiger charge is 2.44. The molecule has 182 valence electrons. The fourth-order valence-electron chi connectivity index (χ4n) is 4.56. The van der Waals surface area contributed by atoms with Crippen LogP contribution < -0.4 is 5.32 Å². The first kappa shape index (κ1) is 23.1. The number of nitrogens with one attached hydrogen (secondary N) is 1. The van der Waals surface area contributed by atoms with Crippen molar-refractivity contribution >= 4 is 45.6 Å². The summed E-state index contributed by atoms with van der Waals surface area (Å²) < 4.78 is 1.75.